The second-order valence-electron chi connectivity index (χ2n) is 6.09. The number of amides is 1. The Morgan fingerprint density at radius 3 is 2.44 bits per heavy atom. The predicted molar refractivity (Wildman–Crippen MR) is 98.3 cm³/mol. The lowest BCUT2D eigenvalue weighted by atomic mass is 10.1. The second-order valence-corrected chi connectivity index (χ2v) is 8.00. The van der Waals surface area contributed by atoms with Crippen LogP contribution in [0.25, 0.3) is 0 Å². The average Bonchev–Trinajstić information content (AvgIpc) is 2.60. The lowest BCUT2D eigenvalue weighted by Crippen LogP contribution is -2.44. The van der Waals surface area contributed by atoms with E-state index in [4.69, 9.17) is 4.74 Å². The zero-order chi connectivity index (χ0) is 18.3. The molecule has 8 heteroatoms. The molecule has 0 atom stereocenters. The van der Waals surface area contributed by atoms with E-state index < -0.39 is 10.0 Å². The molecule has 1 aromatic rings. The largest absolute Gasteiger partial charge is 0.379 e. The molecular weight excluding hydrogens is 342 g/mol. The maximum absolute atomic E-state index is 12.2. The van der Waals surface area contributed by atoms with Crippen molar-refractivity contribution in [3.8, 4) is 0 Å². The van der Waals surface area contributed by atoms with Crippen molar-refractivity contribution in [3.05, 3.63) is 29.8 Å². The summed E-state index contributed by atoms with van der Waals surface area (Å²) in [5.74, 6) is -0.307. The number of benzene rings is 1. The first-order valence-electron chi connectivity index (χ1n) is 8.53. The number of sulfonamides is 1. The number of hydrogen-bond acceptors (Lipinski definition) is 5. The fraction of sp³-hybridized carbons (Fsp3) is 0.588. The Bertz CT molecular complexity index is 655. The van der Waals surface area contributed by atoms with Crippen LogP contribution in [0.4, 0.5) is 5.69 Å². The van der Waals surface area contributed by atoms with Gasteiger partial charge in [0.1, 0.15) is 6.54 Å². The minimum atomic E-state index is -3.53. The molecule has 0 bridgehead atoms. The summed E-state index contributed by atoms with van der Waals surface area (Å²) in [4.78, 5) is 14.4. The van der Waals surface area contributed by atoms with Crippen LogP contribution in [0.3, 0.4) is 0 Å². The van der Waals surface area contributed by atoms with Gasteiger partial charge in [0.2, 0.25) is 15.9 Å². The molecule has 1 aliphatic heterocycles. The van der Waals surface area contributed by atoms with Gasteiger partial charge in [-0.2, -0.15) is 0 Å². The fourth-order valence-corrected chi connectivity index (χ4v) is 3.52. The molecule has 0 radical (unpaired) electrons. The number of aryl methyl sites for hydroxylation is 1. The molecule has 1 fully saturated rings. The summed E-state index contributed by atoms with van der Waals surface area (Å²) in [6, 6.07) is 7.23. The first-order chi connectivity index (χ1) is 11.9. The van der Waals surface area contributed by atoms with Crippen molar-refractivity contribution < 1.29 is 17.9 Å². The van der Waals surface area contributed by atoms with Crippen LogP contribution in [0.1, 0.15) is 12.5 Å². The molecule has 25 heavy (non-hydrogen) atoms. The van der Waals surface area contributed by atoms with Crippen LogP contribution in [-0.4, -0.2) is 71.4 Å². The highest BCUT2D eigenvalue weighted by molar-refractivity contribution is 7.92. The van der Waals surface area contributed by atoms with E-state index in [0.717, 1.165) is 42.2 Å². The molecule has 0 aliphatic carbocycles. The molecular formula is C17H27N3O4S. The van der Waals surface area contributed by atoms with Crippen LogP contribution in [0.15, 0.2) is 24.3 Å². The molecule has 0 spiro atoms. The number of anilines is 1. The van der Waals surface area contributed by atoms with Gasteiger partial charge in [0.25, 0.3) is 0 Å². The summed E-state index contributed by atoms with van der Waals surface area (Å²) >= 11 is 0. The number of carbonyl (C=O) groups excluding carboxylic acids is 1. The third-order valence-corrected chi connectivity index (χ3v) is 5.31. The molecule has 1 saturated heterocycles. The molecule has 1 aliphatic rings. The summed E-state index contributed by atoms with van der Waals surface area (Å²) in [5.41, 5.74) is 1.62. The Labute approximate surface area is 150 Å². The van der Waals surface area contributed by atoms with Gasteiger partial charge in [-0.3, -0.25) is 14.0 Å². The standard InChI is InChI=1S/C17H27N3O4S/c1-3-15-4-6-16(7-5-15)20(25(2,22)23)14-17(21)18-8-9-19-10-12-24-13-11-19/h4-7H,3,8-14H2,1-2H3,(H,18,21). The molecule has 1 amide bonds. The van der Waals surface area contributed by atoms with E-state index in [9.17, 15) is 13.2 Å². The number of rotatable bonds is 8. The Morgan fingerprint density at radius 1 is 1.24 bits per heavy atom. The van der Waals surface area contributed by atoms with Crippen molar-refractivity contribution >= 4 is 21.6 Å². The van der Waals surface area contributed by atoms with Gasteiger partial charge in [-0.05, 0) is 24.1 Å². The van der Waals surface area contributed by atoms with Crippen molar-refractivity contribution in [1.29, 1.82) is 0 Å². The zero-order valence-corrected chi connectivity index (χ0v) is 15.7. The second kappa shape index (κ2) is 9.17. The van der Waals surface area contributed by atoms with E-state index in [0.29, 0.717) is 25.4 Å². The Morgan fingerprint density at radius 2 is 1.88 bits per heavy atom. The number of nitrogens with one attached hydrogen (secondary N) is 1. The van der Waals surface area contributed by atoms with E-state index in [-0.39, 0.29) is 12.5 Å². The third kappa shape index (κ3) is 6.30. The average molecular weight is 369 g/mol. The van der Waals surface area contributed by atoms with Gasteiger partial charge in [0.05, 0.1) is 25.2 Å². The molecule has 0 unspecified atom stereocenters. The highest BCUT2D eigenvalue weighted by Crippen LogP contribution is 2.18. The number of carbonyl (C=O) groups is 1. The van der Waals surface area contributed by atoms with E-state index >= 15 is 0 Å². The Balaban J connectivity index is 1.91. The van der Waals surface area contributed by atoms with Gasteiger partial charge >= 0.3 is 0 Å². The van der Waals surface area contributed by atoms with Crippen LogP contribution in [0.5, 0.6) is 0 Å². The quantitative estimate of drug-likeness (QED) is 0.720. The van der Waals surface area contributed by atoms with Gasteiger partial charge in [0, 0.05) is 26.2 Å². The highest BCUT2D eigenvalue weighted by Gasteiger charge is 2.20. The molecule has 0 aromatic heterocycles. The first kappa shape index (κ1) is 19.7. The van der Waals surface area contributed by atoms with Gasteiger partial charge in [0.15, 0.2) is 0 Å². The van der Waals surface area contributed by atoms with Crippen LogP contribution in [-0.2, 0) is 26.0 Å². The van der Waals surface area contributed by atoms with E-state index in [1.807, 2.05) is 19.1 Å². The minimum Gasteiger partial charge on any atom is -0.379 e. The van der Waals surface area contributed by atoms with Crippen LogP contribution < -0.4 is 9.62 Å². The molecule has 1 N–H and O–H groups in total. The van der Waals surface area contributed by atoms with Crippen molar-refractivity contribution in [1.82, 2.24) is 10.2 Å². The number of nitrogens with zero attached hydrogens (tertiary/aromatic N) is 2. The van der Waals surface area contributed by atoms with Crippen molar-refractivity contribution in [2.24, 2.45) is 0 Å². The summed E-state index contributed by atoms with van der Waals surface area (Å²) < 4.78 is 30.5. The van der Waals surface area contributed by atoms with Gasteiger partial charge in [-0.1, -0.05) is 19.1 Å². The highest BCUT2D eigenvalue weighted by atomic mass is 32.2. The van der Waals surface area contributed by atoms with Gasteiger partial charge in [-0.15, -0.1) is 0 Å². The Kier molecular flexibility index (Phi) is 7.22. The minimum absolute atomic E-state index is 0.215. The number of hydrogen-bond donors (Lipinski definition) is 1. The van der Waals surface area contributed by atoms with Crippen LogP contribution >= 0.6 is 0 Å². The van der Waals surface area contributed by atoms with E-state index in [1.54, 1.807) is 12.1 Å². The van der Waals surface area contributed by atoms with Crippen molar-refractivity contribution in [2.45, 2.75) is 13.3 Å². The molecule has 7 nitrogen and oxygen atoms in total. The van der Waals surface area contributed by atoms with Crippen molar-refractivity contribution in [3.63, 3.8) is 0 Å². The topological polar surface area (TPSA) is 79.0 Å². The molecule has 1 aromatic carbocycles. The molecule has 140 valence electrons. The summed E-state index contributed by atoms with van der Waals surface area (Å²) in [6.07, 6.45) is 1.99. The summed E-state index contributed by atoms with van der Waals surface area (Å²) in [5, 5.41) is 2.80. The van der Waals surface area contributed by atoms with Crippen LogP contribution in [0.2, 0.25) is 0 Å². The van der Waals surface area contributed by atoms with E-state index in [2.05, 4.69) is 10.2 Å². The summed E-state index contributed by atoms with van der Waals surface area (Å²) in [7, 11) is -3.53. The lowest BCUT2D eigenvalue weighted by molar-refractivity contribution is -0.119. The molecule has 0 saturated carbocycles. The molecule has 2 rings (SSSR count). The lowest BCUT2D eigenvalue weighted by Gasteiger charge is -2.27. The summed E-state index contributed by atoms with van der Waals surface area (Å²) in [6.45, 7) is 6.18. The normalized spacial score (nSPS) is 15.8. The number of morpholine rings is 1. The maximum atomic E-state index is 12.2. The van der Waals surface area contributed by atoms with Crippen molar-refractivity contribution in [2.75, 3.05) is 56.5 Å². The van der Waals surface area contributed by atoms with Gasteiger partial charge in [-0.25, -0.2) is 8.42 Å². The Hall–Kier alpha value is -1.64. The molecule has 1 heterocycles. The number of ether oxygens (including phenoxy) is 1. The fourth-order valence-electron chi connectivity index (χ4n) is 2.66. The predicted octanol–water partition coefficient (Wildman–Crippen LogP) is 0.463. The zero-order valence-electron chi connectivity index (χ0n) is 14.9. The van der Waals surface area contributed by atoms with E-state index in [1.165, 1.54) is 0 Å². The first-order valence-corrected chi connectivity index (χ1v) is 10.4. The van der Waals surface area contributed by atoms with Gasteiger partial charge < -0.3 is 10.1 Å². The smallest absolute Gasteiger partial charge is 0.240 e. The monoisotopic (exact) mass is 369 g/mol. The maximum Gasteiger partial charge on any atom is 0.240 e. The SMILES string of the molecule is CCc1ccc(N(CC(=O)NCCN2CCOCC2)S(C)(=O)=O)cc1. The third-order valence-electron chi connectivity index (χ3n) is 4.17. The van der Waals surface area contributed by atoms with Crippen LogP contribution in [0, 0.1) is 0 Å².